The van der Waals surface area contributed by atoms with Gasteiger partial charge >= 0.3 is 0 Å². The van der Waals surface area contributed by atoms with E-state index in [2.05, 4.69) is 63.6 Å². The Bertz CT molecular complexity index is 537. The minimum absolute atomic E-state index is 0.271. The highest BCUT2D eigenvalue weighted by atomic mass is 16.5. The lowest BCUT2D eigenvalue weighted by Crippen LogP contribution is -2.02. The molecule has 0 unspecified atom stereocenters. The molecule has 0 atom stereocenters. The number of aromatic nitrogens is 1. The first-order chi connectivity index (χ1) is 8.49. The second-order valence-corrected chi connectivity index (χ2v) is 5.54. The van der Waals surface area contributed by atoms with Gasteiger partial charge in [-0.25, -0.2) is 0 Å². The molecule has 2 rings (SSSR count). The van der Waals surface area contributed by atoms with Crippen LogP contribution in [0.2, 0.25) is 0 Å². The van der Waals surface area contributed by atoms with E-state index in [1.165, 1.54) is 22.0 Å². The first-order valence-corrected chi connectivity index (χ1v) is 6.70. The van der Waals surface area contributed by atoms with E-state index in [4.69, 9.17) is 4.74 Å². The Morgan fingerprint density at radius 3 is 2.50 bits per heavy atom. The largest absolute Gasteiger partial charge is 0.374 e. The SMILES string of the molecule is Cc1ccc2c(c1)c(COC(C)C)cn2C(C)C. The first-order valence-electron chi connectivity index (χ1n) is 6.70. The normalized spacial score (nSPS) is 11.9. The summed E-state index contributed by atoms with van der Waals surface area (Å²) >= 11 is 0. The van der Waals surface area contributed by atoms with Crippen LogP contribution in [-0.4, -0.2) is 10.7 Å². The van der Waals surface area contributed by atoms with Gasteiger partial charge < -0.3 is 9.30 Å². The maximum absolute atomic E-state index is 5.76. The van der Waals surface area contributed by atoms with Crippen LogP contribution in [0.25, 0.3) is 10.9 Å². The maximum atomic E-state index is 5.76. The molecule has 0 N–H and O–H groups in total. The van der Waals surface area contributed by atoms with E-state index in [1.54, 1.807) is 0 Å². The molecule has 2 aromatic rings. The molecule has 0 aliphatic rings. The van der Waals surface area contributed by atoms with Crippen LogP contribution in [0, 0.1) is 6.92 Å². The van der Waals surface area contributed by atoms with Crippen molar-refractivity contribution >= 4 is 10.9 Å². The summed E-state index contributed by atoms with van der Waals surface area (Å²) in [6.45, 7) is 11.4. The van der Waals surface area contributed by atoms with Gasteiger partial charge in [-0.05, 0) is 46.8 Å². The van der Waals surface area contributed by atoms with Crippen LogP contribution in [0.4, 0.5) is 0 Å². The number of aryl methyl sites for hydroxylation is 1. The molecule has 0 spiro atoms. The lowest BCUT2D eigenvalue weighted by Gasteiger charge is -2.08. The first kappa shape index (κ1) is 13.2. The highest BCUT2D eigenvalue weighted by Gasteiger charge is 2.11. The molecule has 0 amide bonds. The lowest BCUT2D eigenvalue weighted by atomic mass is 10.1. The van der Waals surface area contributed by atoms with Crippen molar-refractivity contribution in [3.63, 3.8) is 0 Å². The molecule has 1 heterocycles. The Hall–Kier alpha value is -1.28. The highest BCUT2D eigenvalue weighted by Crippen LogP contribution is 2.26. The number of hydrogen-bond donors (Lipinski definition) is 0. The molecule has 98 valence electrons. The highest BCUT2D eigenvalue weighted by molar-refractivity contribution is 5.84. The molecule has 0 fully saturated rings. The Balaban J connectivity index is 2.48. The summed E-state index contributed by atoms with van der Waals surface area (Å²) in [7, 11) is 0. The standard InChI is InChI=1S/C16H23NO/c1-11(2)17-9-14(10-18-12(3)4)15-8-13(5)6-7-16(15)17/h6-9,11-12H,10H2,1-5H3. The fraction of sp³-hybridized carbons (Fsp3) is 0.500. The third-order valence-electron chi connectivity index (χ3n) is 3.20. The quantitative estimate of drug-likeness (QED) is 0.776. The molecular weight excluding hydrogens is 222 g/mol. The van der Waals surface area contributed by atoms with Gasteiger partial charge in [-0.2, -0.15) is 0 Å². The summed E-state index contributed by atoms with van der Waals surface area (Å²) in [6.07, 6.45) is 2.50. The van der Waals surface area contributed by atoms with Crippen molar-refractivity contribution in [1.29, 1.82) is 0 Å². The number of rotatable bonds is 4. The molecule has 0 radical (unpaired) electrons. The van der Waals surface area contributed by atoms with E-state index >= 15 is 0 Å². The van der Waals surface area contributed by atoms with Crippen molar-refractivity contribution in [2.45, 2.75) is 53.4 Å². The zero-order valence-electron chi connectivity index (χ0n) is 12.0. The van der Waals surface area contributed by atoms with Crippen molar-refractivity contribution in [3.8, 4) is 0 Å². The molecular formula is C16H23NO. The molecule has 0 aliphatic heterocycles. The van der Waals surface area contributed by atoms with Gasteiger partial charge in [-0.1, -0.05) is 11.6 Å². The second kappa shape index (κ2) is 5.15. The fourth-order valence-electron chi connectivity index (χ4n) is 2.24. The zero-order chi connectivity index (χ0) is 13.3. The zero-order valence-corrected chi connectivity index (χ0v) is 12.0. The summed E-state index contributed by atoms with van der Waals surface area (Å²) in [5, 5.41) is 1.32. The van der Waals surface area contributed by atoms with Crippen LogP contribution in [0.15, 0.2) is 24.4 Å². The summed E-state index contributed by atoms with van der Waals surface area (Å²) in [5.74, 6) is 0. The molecule has 0 saturated carbocycles. The van der Waals surface area contributed by atoms with Gasteiger partial charge in [-0.3, -0.25) is 0 Å². The fourth-order valence-corrected chi connectivity index (χ4v) is 2.24. The summed E-state index contributed by atoms with van der Waals surface area (Å²) in [6, 6.07) is 7.12. The maximum Gasteiger partial charge on any atom is 0.0741 e. The van der Waals surface area contributed by atoms with Crippen molar-refractivity contribution in [1.82, 2.24) is 4.57 Å². The number of fused-ring (bicyclic) bond motifs is 1. The average molecular weight is 245 g/mol. The van der Waals surface area contributed by atoms with Crippen molar-refractivity contribution < 1.29 is 4.74 Å². The topological polar surface area (TPSA) is 14.2 Å². The average Bonchev–Trinajstić information content (AvgIpc) is 2.64. The number of hydrogen-bond acceptors (Lipinski definition) is 1. The Morgan fingerprint density at radius 1 is 1.17 bits per heavy atom. The molecule has 18 heavy (non-hydrogen) atoms. The van der Waals surface area contributed by atoms with Gasteiger partial charge in [-0.15, -0.1) is 0 Å². The molecule has 0 saturated heterocycles. The second-order valence-electron chi connectivity index (χ2n) is 5.54. The lowest BCUT2D eigenvalue weighted by molar-refractivity contribution is 0.0663. The number of benzene rings is 1. The Morgan fingerprint density at radius 2 is 1.89 bits per heavy atom. The molecule has 1 aromatic heterocycles. The third kappa shape index (κ3) is 2.59. The summed E-state index contributed by atoms with van der Waals surface area (Å²) in [4.78, 5) is 0. The van der Waals surface area contributed by atoms with E-state index in [0.29, 0.717) is 12.6 Å². The summed E-state index contributed by atoms with van der Waals surface area (Å²) in [5.41, 5.74) is 3.89. The van der Waals surface area contributed by atoms with E-state index in [-0.39, 0.29) is 6.10 Å². The number of ether oxygens (including phenoxy) is 1. The van der Waals surface area contributed by atoms with Crippen LogP contribution >= 0.6 is 0 Å². The monoisotopic (exact) mass is 245 g/mol. The van der Waals surface area contributed by atoms with Crippen LogP contribution in [0.5, 0.6) is 0 Å². The third-order valence-corrected chi connectivity index (χ3v) is 3.20. The van der Waals surface area contributed by atoms with Gasteiger partial charge in [0, 0.05) is 28.7 Å². The van der Waals surface area contributed by atoms with Crippen molar-refractivity contribution in [2.75, 3.05) is 0 Å². The molecule has 0 aliphatic carbocycles. The van der Waals surface area contributed by atoms with E-state index in [9.17, 15) is 0 Å². The smallest absolute Gasteiger partial charge is 0.0741 e. The van der Waals surface area contributed by atoms with Gasteiger partial charge in [0.2, 0.25) is 0 Å². The van der Waals surface area contributed by atoms with Gasteiger partial charge in [0.25, 0.3) is 0 Å². The molecule has 0 bridgehead atoms. The minimum atomic E-state index is 0.271. The van der Waals surface area contributed by atoms with Gasteiger partial charge in [0.15, 0.2) is 0 Å². The predicted molar refractivity (Wildman–Crippen MR) is 77.0 cm³/mol. The van der Waals surface area contributed by atoms with Gasteiger partial charge in [0.05, 0.1) is 12.7 Å². The Labute approximate surface area is 110 Å². The van der Waals surface area contributed by atoms with Crippen LogP contribution in [-0.2, 0) is 11.3 Å². The van der Waals surface area contributed by atoms with E-state index in [1.807, 2.05) is 0 Å². The Kier molecular flexibility index (Phi) is 3.76. The van der Waals surface area contributed by atoms with E-state index < -0.39 is 0 Å². The van der Waals surface area contributed by atoms with Gasteiger partial charge in [0.1, 0.15) is 0 Å². The van der Waals surface area contributed by atoms with Crippen molar-refractivity contribution in [2.24, 2.45) is 0 Å². The molecule has 1 aromatic carbocycles. The number of nitrogens with zero attached hydrogens (tertiary/aromatic N) is 1. The summed E-state index contributed by atoms with van der Waals surface area (Å²) < 4.78 is 8.08. The van der Waals surface area contributed by atoms with E-state index in [0.717, 1.165) is 0 Å². The van der Waals surface area contributed by atoms with Crippen LogP contribution in [0.3, 0.4) is 0 Å². The minimum Gasteiger partial charge on any atom is -0.374 e. The van der Waals surface area contributed by atoms with Crippen LogP contribution in [0.1, 0.15) is 44.9 Å². The predicted octanol–water partition coefficient (Wildman–Crippen LogP) is 4.46. The molecule has 2 heteroatoms. The van der Waals surface area contributed by atoms with Crippen LogP contribution < -0.4 is 0 Å². The molecule has 2 nitrogen and oxygen atoms in total. The van der Waals surface area contributed by atoms with Crippen molar-refractivity contribution in [3.05, 3.63) is 35.5 Å².